The predicted molar refractivity (Wildman–Crippen MR) is 84.0 cm³/mol. The average Bonchev–Trinajstić information content (AvgIpc) is 2.86. The average molecular weight is 290 g/mol. The first-order chi connectivity index (χ1) is 10.0. The third-order valence-corrected chi connectivity index (χ3v) is 3.87. The van der Waals surface area contributed by atoms with E-state index in [1.807, 2.05) is 26.8 Å². The van der Waals surface area contributed by atoms with E-state index in [1.54, 1.807) is 0 Å². The standard InChI is InChI=1S/C17H26N2O2/c1-4-21-16(20)17(2,3)18-15-10-11-19(13-15)12-14-8-6-5-7-9-14/h5-9,15,18H,4,10-13H2,1-3H3/t15-/m1/s1. The van der Waals surface area contributed by atoms with Gasteiger partial charge in [-0.15, -0.1) is 0 Å². The van der Waals surface area contributed by atoms with Crippen LogP contribution in [0.4, 0.5) is 0 Å². The van der Waals surface area contributed by atoms with Crippen LogP contribution in [0.5, 0.6) is 0 Å². The summed E-state index contributed by atoms with van der Waals surface area (Å²) < 4.78 is 5.12. The fourth-order valence-corrected chi connectivity index (χ4v) is 2.82. The summed E-state index contributed by atoms with van der Waals surface area (Å²) in [5, 5.41) is 3.44. The number of ether oxygens (including phenoxy) is 1. The van der Waals surface area contributed by atoms with Crippen LogP contribution in [0, 0.1) is 0 Å². The summed E-state index contributed by atoms with van der Waals surface area (Å²) in [5.74, 6) is -0.175. The van der Waals surface area contributed by atoms with Crippen molar-refractivity contribution in [2.24, 2.45) is 0 Å². The Morgan fingerprint density at radius 1 is 1.38 bits per heavy atom. The molecule has 4 heteroatoms. The third kappa shape index (κ3) is 4.55. The van der Waals surface area contributed by atoms with Crippen molar-refractivity contribution in [3.8, 4) is 0 Å². The van der Waals surface area contributed by atoms with E-state index in [9.17, 15) is 4.79 Å². The molecule has 1 atom stereocenters. The number of rotatable bonds is 6. The monoisotopic (exact) mass is 290 g/mol. The van der Waals surface area contributed by atoms with Crippen molar-refractivity contribution < 1.29 is 9.53 Å². The maximum absolute atomic E-state index is 11.9. The van der Waals surface area contributed by atoms with Crippen LogP contribution >= 0.6 is 0 Å². The lowest BCUT2D eigenvalue weighted by Crippen LogP contribution is -2.53. The van der Waals surface area contributed by atoms with E-state index in [-0.39, 0.29) is 5.97 Å². The molecule has 1 heterocycles. The molecule has 1 aromatic carbocycles. The number of likely N-dealkylation sites (tertiary alicyclic amines) is 1. The van der Waals surface area contributed by atoms with Gasteiger partial charge in [-0.2, -0.15) is 0 Å². The van der Waals surface area contributed by atoms with Crippen LogP contribution in [0.1, 0.15) is 32.8 Å². The summed E-state index contributed by atoms with van der Waals surface area (Å²) in [6.45, 7) is 9.05. The molecule has 1 aliphatic rings. The van der Waals surface area contributed by atoms with Gasteiger partial charge in [0.1, 0.15) is 5.54 Å². The molecule has 1 fully saturated rings. The van der Waals surface area contributed by atoms with Crippen LogP contribution in [0.15, 0.2) is 30.3 Å². The minimum absolute atomic E-state index is 0.175. The second-order valence-electron chi connectivity index (χ2n) is 6.20. The zero-order valence-corrected chi connectivity index (χ0v) is 13.3. The maximum atomic E-state index is 11.9. The highest BCUT2D eigenvalue weighted by atomic mass is 16.5. The van der Waals surface area contributed by atoms with Crippen molar-refractivity contribution in [1.29, 1.82) is 0 Å². The lowest BCUT2D eigenvalue weighted by atomic mass is 10.0. The summed E-state index contributed by atoms with van der Waals surface area (Å²) in [7, 11) is 0. The zero-order valence-electron chi connectivity index (χ0n) is 13.3. The van der Waals surface area contributed by atoms with Gasteiger partial charge in [-0.1, -0.05) is 30.3 Å². The highest BCUT2D eigenvalue weighted by Crippen LogP contribution is 2.17. The molecule has 0 radical (unpaired) electrons. The number of benzene rings is 1. The smallest absolute Gasteiger partial charge is 0.325 e. The molecule has 116 valence electrons. The fourth-order valence-electron chi connectivity index (χ4n) is 2.82. The van der Waals surface area contributed by atoms with Crippen LogP contribution in [0.3, 0.4) is 0 Å². The van der Waals surface area contributed by atoms with Gasteiger partial charge in [0.05, 0.1) is 6.61 Å². The van der Waals surface area contributed by atoms with Gasteiger partial charge in [0, 0.05) is 25.7 Å². The molecule has 0 amide bonds. The lowest BCUT2D eigenvalue weighted by molar-refractivity contribution is -0.150. The molecule has 0 aromatic heterocycles. The summed E-state index contributed by atoms with van der Waals surface area (Å²) in [6.07, 6.45) is 1.07. The number of carbonyl (C=O) groups excluding carboxylic acids is 1. The van der Waals surface area contributed by atoms with Gasteiger partial charge in [0.15, 0.2) is 0 Å². The summed E-state index contributed by atoms with van der Waals surface area (Å²) in [6, 6.07) is 10.8. The minimum atomic E-state index is -0.622. The normalized spacial score (nSPS) is 19.7. The van der Waals surface area contributed by atoms with Gasteiger partial charge in [0.2, 0.25) is 0 Å². The van der Waals surface area contributed by atoms with Gasteiger partial charge in [-0.3, -0.25) is 15.0 Å². The Hall–Kier alpha value is -1.39. The highest BCUT2D eigenvalue weighted by Gasteiger charge is 2.34. The largest absolute Gasteiger partial charge is 0.465 e. The van der Waals surface area contributed by atoms with Gasteiger partial charge >= 0.3 is 5.97 Å². The first-order valence-electron chi connectivity index (χ1n) is 7.72. The summed E-state index contributed by atoms with van der Waals surface area (Å²) in [5.41, 5.74) is 0.714. The summed E-state index contributed by atoms with van der Waals surface area (Å²) in [4.78, 5) is 14.4. The van der Waals surface area contributed by atoms with Crippen LogP contribution in [-0.2, 0) is 16.1 Å². The number of carbonyl (C=O) groups is 1. The Morgan fingerprint density at radius 3 is 2.76 bits per heavy atom. The number of nitrogens with one attached hydrogen (secondary N) is 1. The molecule has 1 aliphatic heterocycles. The molecule has 21 heavy (non-hydrogen) atoms. The van der Waals surface area contributed by atoms with Crippen molar-refractivity contribution in [2.45, 2.75) is 45.3 Å². The Balaban J connectivity index is 1.83. The highest BCUT2D eigenvalue weighted by molar-refractivity contribution is 5.79. The van der Waals surface area contributed by atoms with E-state index in [4.69, 9.17) is 4.74 Å². The molecule has 1 saturated heterocycles. The van der Waals surface area contributed by atoms with E-state index < -0.39 is 5.54 Å². The minimum Gasteiger partial charge on any atom is -0.465 e. The Labute approximate surface area is 127 Å². The Bertz CT molecular complexity index is 459. The topological polar surface area (TPSA) is 41.6 Å². The number of nitrogens with zero attached hydrogens (tertiary/aromatic N) is 1. The number of hydrogen-bond donors (Lipinski definition) is 1. The van der Waals surface area contributed by atoms with E-state index in [0.717, 1.165) is 26.1 Å². The molecule has 0 aliphatic carbocycles. The molecule has 1 N–H and O–H groups in total. The van der Waals surface area contributed by atoms with Gasteiger partial charge in [0.25, 0.3) is 0 Å². The molecule has 0 saturated carbocycles. The van der Waals surface area contributed by atoms with Crippen molar-refractivity contribution in [3.63, 3.8) is 0 Å². The van der Waals surface area contributed by atoms with Crippen molar-refractivity contribution in [1.82, 2.24) is 10.2 Å². The maximum Gasteiger partial charge on any atom is 0.325 e. The fraction of sp³-hybridized carbons (Fsp3) is 0.588. The van der Waals surface area contributed by atoms with Crippen LogP contribution in [0.25, 0.3) is 0 Å². The molecule has 4 nitrogen and oxygen atoms in total. The van der Waals surface area contributed by atoms with Gasteiger partial charge in [-0.25, -0.2) is 0 Å². The third-order valence-electron chi connectivity index (χ3n) is 3.87. The second kappa shape index (κ2) is 7.05. The van der Waals surface area contributed by atoms with Crippen molar-refractivity contribution in [3.05, 3.63) is 35.9 Å². The molecule has 0 bridgehead atoms. The van der Waals surface area contributed by atoms with E-state index in [2.05, 4.69) is 34.5 Å². The van der Waals surface area contributed by atoms with Crippen LogP contribution in [0.2, 0.25) is 0 Å². The SMILES string of the molecule is CCOC(=O)C(C)(C)N[C@@H]1CCN(Cc2ccccc2)C1. The molecule has 1 aromatic rings. The first kappa shape index (κ1) is 16.0. The van der Waals surface area contributed by atoms with Crippen molar-refractivity contribution in [2.75, 3.05) is 19.7 Å². The van der Waals surface area contributed by atoms with Crippen LogP contribution < -0.4 is 5.32 Å². The molecule has 2 rings (SSSR count). The Morgan fingerprint density at radius 2 is 2.10 bits per heavy atom. The van der Waals surface area contributed by atoms with Crippen molar-refractivity contribution >= 4 is 5.97 Å². The van der Waals surface area contributed by atoms with E-state index in [0.29, 0.717) is 12.6 Å². The molecular weight excluding hydrogens is 264 g/mol. The lowest BCUT2D eigenvalue weighted by Gasteiger charge is -2.28. The molecule has 0 unspecified atom stereocenters. The molecular formula is C17H26N2O2. The van der Waals surface area contributed by atoms with E-state index in [1.165, 1.54) is 5.56 Å². The summed E-state index contributed by atoms with van der Waals surface area (Å²) >= 11 is 0. The number of esters is 1. The van der Waals surface area contributed by atoms with Gasteiger partial charge in [-0.05, 0) is 32.8 Å². The van der Waals surface area contributed by atoms with Crippen LogP contribution in [-0.4, -0.2) is 42.1 Å². The van der Waals surface area contributed by atoms with Gasteiger partial charge < -0.3 is 4.74 Å². The molecule has 0 spiro atoms. The van der Waals surface area contributed by atoms with E-state index >= 15 is 0 Å². The zero-order chi connectivity index (χ0) is 15.3. The predicted octanol–water partition coefficient (Wildman–Crippen LogP) is 2.19. The second-order valence-corrected chi connectivity index (χ2v) is 6.20. The first-order valence-corrected chi connectivity index (χ1v) is 7.72. The quantitative estimate of drug-likeness (QED) is 0.816. The Kier molecular flexibility index (Phi) is 5.37. The number of hydrogen-bond acceptors (Lipinski definition) is 4.